The van der Waals surface area contributed by atoms with Gasteiger partial charge in [0.25, 0.3) is 0 Å². The van der Waals surface area contributed by atoms with Gasteiger partial charge in [0, 0.05) is 6.04 Å². The fraction of sp³-hybridized carbons (Fsp3) is 0.455. The summed E-state index contributed by atoms with van der Waals surface area (Å²) in [5, 5.41) is 3.14. The van der Waals surface area contributed by atoms with Crippen LogP contribution in [0.4, 0.5) is 4.39 Å². The third-order valence-corrected chi connectivity index (χ3v) is 2.25. The second-order valence-corrected chi connectivity index (χ2v) is 3.40. The molecule has 1 N–H and O–H groups in total. The molecule has 1 aromatic rings. The Morgan fingerprint density at radius 3 is 2.62 bits per heavy atom. The summed E-state index contributed by atoms with van der Waals surface area (Å²) in [5.41, 5.74) is 3.03. The van der Waals surface area contributed by atoms with Gasteiger partial charge >= 0.3 is 0 Å². The van der Waals surface area contributed by atoms with Gasteiger partial charge in [-0.2, -0.15) is 0 Å². The summed E-state index contributed by atoms with van der Waals surface area (Å²) in [6, 6.07) is 6.16. The number of aryl methyl sites for hydroxylation is 1. The average molecular weight is 181 g/mol. The Morgan fingerprint density at radius 2 is 2.08 bits per heavy atom. The van der Waals surface area contributed by atoms with E-state index in [1.807, 2.05) is 26.1 Å². The summed E-state index contributed by atoms with van der Waals surface area (Å²) >= 11 is 0. The van der Waals surface area contributed by atoms with Crippen LogP contribution in [0.1, 0.15) is 29.7 Å². The first-order valence-electron chi connectivity index (χ1n) is 4.51. The van der Waals surface area contributed by atoms with Crippen molar-refractivity contribution in [1.82, 2.24) is 5.32 Å². The molecule has 2 heteroatoms. The smallest absolute Gasteiger partial charge is 0.115 e. The predicted molar refractivity (Wildman–Crippen MR) is 53.5 cm³/mol. The van der Waals surface area contributed by atoms with Gasteiger partial charge in [-0.1, -0.05) is 23.8 Å². The molecule has 1 nitrogen and oxygen atoms in total. The molecule has 0 aliphatic heterocycles. The van der Waals surface area contributed by atoms with Crippen LogP contribution in [0.3, 0.4) is 0 Å². The Hall–Kier alpha value is -0.890. The van der Waals surface area contributed by atoms with Gasteiger partial charge in [0.05, 0.1) is 0 Å². The van der Waals surface area contributed by atoms with Crippen LogP contribution in [0.15, 0.2) is 18.2 Å². The van der Waals surface area contributed by atoms with Crippen molar-refractivity contribution >= 4 is 0 Å². The van der Waals surface area contributed by atoms with Crippen LogP contribution in [-0.2, 0) is 6.67 Å². The minimum atomic E-state index is -0.384. The molecule has 1 atom stereocenters. The highest BCUT2D eigenvalue weighted by Gasteiger charge is 2.04. The lowest BCUT2D eigenvalue weighted by Crippen LogP contribution is -2.12. The van der Waals surface area contributed by atoms with Crippen molar-refractivity contribution in [3.63, 3.8) is 0 Å². The molecular weight excluding hydrogens is 165 g/mol. The zero-order valence-electron chi connectivity index (χ0n) is 8.39. The highest BCUT2D eigenvalue weighted by molar-refractivity contribution is 5.30. The van der Waals surface area contributed by atoms with Gasteiger partial charge in [-0.05, 0) is 32.0 Å². The maximum atomic E-state index is 12.4. The van der Waals surface area contributed by atoms with E-state index in [2.05, 4.69) is 18.3 Å². The first kappa shape index (κ1) is 10.2. The molecule has 1 rings (SSSR count). The van der Waals surface area contributed by atoms with Crippen LogP contribution in [0.2, 0.25) is 0 Å². The van der Waals surface area contributed by atoms with Crippen molar-refractivity contribution in [2.24, 2.45) is 0 Å². The summed E-state index contributed by atoms with van der Waals surface area (Å²) in [4.78, 5) is 0. The first-order valence-corrected chi connectivity index (χ1v) is 4.51. The molecule has 0 fully saturated rings. The van der Waals surface area contributed by atoms with Crippen LogP contribution in [0, 0.1) is 6.92 Å². The van der Waals surface area contributed by atoms with Crippen molar-refractivity contribution in [2.75, 3.05) is 7.05 Å². The van der Waals surface area contributed by atoms with E-state index in [9.17, 15) is 4.39 Å². The van der Waals surface area contributed by atoms with E-state index < -0.39 is 0 Å². The second-order valence-electron chi connectivity index (χ2n) is 3.40. The number of hydrogen-bond acceptors (Lipinski definition) is 1. The lowest BCUT2D eigenvalue weighted by atomic mass is 10.0. The lowest BCUT2D eigenvalue weighted by Gasteiger charge is -2.12. The molecule has 0 spiro atoms. The molecule has 0 aromatic heterocycles. The van der Waals surface area contributed by atoms with E-state index in [1.54, 1.807) is 0 Å². The van der Waals surface area contributed by atoms with E-state index in [0.717, 1.165) is 16.7 Å². The minimum Gasteiger partial charge on any atom is -0.313 e. The van der Waals surface area contributed by atoms with E-state index in [1.165, 1.54) is 0 Å². The van der Waals surface area contributed by atoms with Gasteiger partial charge in [0.2, 0.25) is 0 Å². The third kappa shape index (κ3) is 2.52. The van der Waals surface area contributed by atoms with Gasteiger partial charge in [-0.3, -0.25) is 0 Å². The first-order chi connectivity index (χ1) is 6.17. The monoisotopic (exact) mass is 181 g/mol. The molecular formula is C11H16FN. The van der Waals surface area contributed by atoms with Crippen LogP contribution >= 0.6 is 0 Å². The van der Waals surface area contributed by atoms with Gasteiger partial charge < -0.3 is 5.32 Å². The Kier molecular flexibility index (Phi) is 3.43. The summed E-state index contributed by atoms with van der Waals surface area (Å²) < 4.78 is 12.4. The SMILES string of the molecule is CNC(C)c1cc(C)cc(CF)c1. The topological polar surface area (TPSA) is 12.0 Å². The van der Waals surface area contributed by atoms with E-state index in [-0.39, 0.29) is 12.7 Å². The Labute approximate surface area is 79.0 Å². The standard InChI is InChI=1S/C11H16FN/c1-8-4-10(7-12)6-11(5-8)9(2)13-3/h4-6,9,13H,7H2,1-3H3. The highest BCUT2D eigenvalue weighted by atomic mass is 19.1. The molecule has 72 valence electrons. The fourth-order valence-corrected chi connectivity index (χ4v) is 1.39. The van der Waals surface area contributed by atoms with Crippen molar-refractivity contribution in [1.29, 1.82) is 0 Å². The van der Waals surface area contributed by atoms with Crippen molar-refractivity contribution in [2.45, 2.75) is 26.6 Å². The number of alkyl halides is 1. The normalized spacial score (nSPS) is 12.9. The largest absolute Gasteiger partial charge is 0.313 e. The van der Waals surface area contributed by atoms with Crippen molar-refractivity contribution in [3.05, 3.63) is 34.9 Å². The maximum Gasteiger partial charge on any atom is 0.115 e. The zero-order chi connectivity index (χ0) is 9.84. The molecule has 0 heterocycles. The summed E-state index contributed by atoms with van der Waals surface area (Å²) in [7, 11) is 1.90. The minimum absolute atomic E-state index is 0.283. The fourth-order valence-electron chi connectivity index (χ4n) is 1.39. The quantitative estimate of drug-likeness (QED) is 0.756. The van der Waals surface area contributed by atoms with Crippen LogP contribution in [-0.4, -0.2) is 7.05 Å². The lowest BCUT2D eigenvalue weighted by molar-refractivity contribution is 0.484. The van der Waals surface area contributed by atoms with E-state index in [4.69, 9.17) is 0 Å². The molecule has 0 radical (unpaired) electrons. The molecule has 0 bridgehead atoms. The van der Waals surface area contributed by atoms with Crippen LogP contribution < -0.4 is 5.32 Å². The molecule has 1 aromatic carbocycles. The predicted octanol–water partition coefficient (Wildman–Crippen LogP) is 2.74. The molecule has 0 saturated heterocycles. The van der Waals surface area contributed by atoms with E-state index >= 15 is 0 Å². The van der Waals surface area contributed by atoms with Crippen molar-refractivity contribution < 1.29 is 4.39 Å². The number of hydrogen-bond donors (Lipinski definition) is 1. The summed E-state index contributed by atoms with van der Waals surface area (Å²) in [5.74, 6) is 0. The molecule has 13 heavy (non-hydrogen) atoms. The molecule has 1 unspecified atom stereocenters. The van der Waals surface area contributed by atoms with Gasteiger partial charge in [0.1, 0.15) is 6.67 Å². The molecule has 0 saturated carbocycles. The van der Waals surface area contributed by atoms with Gasteiger partial charge in [-0.25, -0.2) is 4.39 Å². The number of halogens is 1. The van der Waals surface area contributed by atoms with Crippen molar-refractivity contribution in [3.8, 4) is 0 Å². The number of nitrogens with one attached hydrogen (secondary N) is 1. The van der Waals surface area contributed by atoms with E-state index in [0.29, 0.717) is 0 Å². The highest BCUT2D eigenvalue weighted by Crippen LogP contribution is 2.17. The zero-order valence-corrected chi connectivity index (χ0v) is 8.39. The summed E-state index contributed by atoms with van der Waals surface area (Å²) in [6.07, 6.45) is 0. The maximum absolute atomic E-state index is 12.4. The molecule has 0 aliphatic carbocycles. The number of rotatable bonds is 3. The summed E-state index contributed by atoms with van der Waals surface area (Å²) in [6.45, 7) is 3.67. The third-order valence-electron chi connectivity index (χ3n) is 2.25. The molecule has 0 aliphatic rings. The average Bonchev–Trinajstić information content (AvgIpc) is 2.15. The van der Waals surface area contributed by atoms with Crippen LogP contribution in [0.25, 0.3) is 0 Å². The Balaban J connectivity index is 3.01. The molecule has 0 amide bonds. The Morgan fingerprint density at radius 1 is 1.38 bits per heavy atom. The number of benzene rings is 1. The van der Waals surface area contributed by atoms with Crippen LogP contribution in [0.5, 0.6) is 0 Å². The van der Waals surface area contributed by atoms with Gasteiger partial charge in [0.15, 0.2) is 0 Å². The van der Waals surface area contributed by atoms with Gasteiger partial charge in [-0.15, -0.1) is 0 Å². The Bertz CT molecular complexity index is 283. The second kappa shape index (κ2) is 4.38.